The second kappa shape index (κ2) is 8.27. The predicted molar refractivity (Wildman–Crippen MR) is 106 cm³/mol. The van der Waals surface area contributed by atoms with Crippen molar-refractivity contribution in [2.24, 2.45) is 0 Å². The quantitative estimate of drug-likeness (QED) is 0.687. The first-order valence-corrected chi connectivity index (χ1v) is 9.46. The molecule has 1 fully saturated rings. The fraction of sp³-hybridized carbons (Fsp3) is 0.318. The molecule has 0 unspecified atom stereocenters. The molecule has 1 aromatic heterocycles. The van der Waals surface area contributed by atoms with E-state index in [1.807, 2.05) is 30.3 Å². The number of hydrogen-bond acceptors (Lipinski definition) is 5. The van der Waals surface area contributed by atoms with E-state index in [9.17, 15) is 0 Å². The van der Waals surface area contributed by atoms with Crippen LogP contribution in [0.4, 0.5) is 5.95 Å². The minimum Gasteiger partial charge on any atom is -0.373 e. The van der Waals surface area contributed by atoms with Crippen molar-refractivity contribution in [1.29, 1.82) is 0 Å². The molecule has 0 N–H and O–H groups in total. The molecule has 2 aromatic carbocycles. The van der Waals surface area contributed by atoms with E-state index in [-0.39, 0.29) is 6.10 Å². The lowest BCUT2D eigenvalue weighted by atomic mass is 10.1. The summed E-state index contributed by atoms with van der Waals surface area (Å²) < 4.78 is 6.08. The van der Waals surface area contributed by atoms with E-state index in [2.05, 4.69) is 46.3 Å². The van der Waals surface area contributed by atoms with E-state index in [1.165, 1.54) is 11.1 Å². The molecule has 0 amide bonds. The van der Waals surface area contributed by atoms with Gasteiger partial charge in [-0.15, -0.1) is 5.10 Å². The summed E-state index contributed by atoms with van der Waals surface area (Å²) in [6.45, 7) is 4.54. The van der Waals surface area contributed by atoms with Gasteiger partial charge in [-0.25, -0.2) is 4.98 Å². The number of anilines is 1. The van der Waals surface area contributed by atoms with Crippen LogP contribution in [0.2, 0.25) is 0 Å². The Morgan fingerprint density at radius 1 is 1.00 bits per heavy atom. The second-order valence-corrected chi connectivity index (χ2v) is 6.94. The minimum atomic E-state index is 0.286. The molecule has 138 valence electrons. The van der Waals surface area contributed by atoms with Gasteiger partial charge in [0.15, 0.2) is 0 Å². The van der Waals surface area contributed by atoms with Crippen molar-refractivity contribution in [1.82, 2.24) is 15.2 Å². The number of rotatable bonds is 5. The van der Waals surface area contributed by atoms with Crippen LogP contribution in [-0.2, 0) is 11.3 Å². The molecule has 4 rings (SSSR count). The van der Waals surface area contributed by atoms with Crippen molar-refractivity contribution in [3.05, 3.63) is 71.9 Å². The summed E-state index contributed by atoms with van der Waals surface area (Å²) in [4.78, 5) is 6.96. The highest BCUT2D eigenvalue weighted by atomic mass is 16.5. The third-order valence-electron chi connectivity index (χ3n) is 5.02. The summed E-state index contributed by atoms with van der Waals surface area (Å²) in [7, 11) is 0. The second-order valence-electron chi connectivity index (χ2n) is 6.94. The Kier molecular flexibility index (Phi) is 5.39. The molecule has 27 heavy (non-hydrogen) atoms. The van der Waals surface area contributed by atoms with Gasteiger partial charge >= 0.3 is 0 Å². The molecule has 3 aromatic rings. The van der Waals surface area contributed by atoms with Crippen LogP contribution < -0.4 is 4.90 Å². The molecular weight excluding hydrogens is 336 g/mol. The average molecular weight is 360 g/mol. The zero-order chi connectivity index (χ0) is 18.5. The van der Waals surface area contributed by atoms with Crippen LogP contribution >= 0.6 is 0 Å². The molecule has 1 aliphatic heterocycles. The van der Waals surface area contributed by atoms with E-state index in [1.54, 1.807) is 6.20 Å². The van der Waals surface area contributed by atoms with Crippen molar-refractivity contribution in [2.75, 3.05) is 18.0 Å². The Bertz CT molecular complexity index is 876. The molecule has 1 saturated heterocycles. The van der Waals surface area contributed by atoms with Gasteiger partial charge < -0.3 is 9.64 Å². The lowest BCUT2D eigenvalue weighted by molar-refractivity contribution is 0.0249. The van der Waals surface area contributed by atoms with E-state index in [0.717, 1.165) is 37.2 Å². The lowest BCUT2D eigenvalue weighted by Crippen LogP contribution is -2.38. The summed E-state index contributed by atoms with van der Waals surface area (Å²) in [6.07, 6.45) is 3.98. The van der Waals surface area contributed by atoms with Gasteiger partial charge in [-0.1, -0.05) is 54.6 Å². The highest BCUT2D eigenvalue weighted by Gasteiger charge is 2.22. The van der Waals surface area contributed by atoms with Crippen LogP contribution in [0, 0.1) is 6.92 Å². The van der Waals surface area contributed by atoms with Crippen LogP contribution in [0.25, 0.3) is 11.3 Å². The van der Waals surface area contributed by atoms with Crippen LogP contribution in [-0.4, -0.2) is 34.4 Å². The fourth-order valence-electron chi connectivity index (χ4n) is 3.43. The summed E-state index contributed by atoms with van der Waals surface area (Å²) in [6, 6.07) is 18.6. The Morgan fingerprint density at radius 2 is 1.74 bits per heavy atom. The average Bonchev–Trinajstić information content (AvgIpc) is 2.74. The maximum Gasteiger partial charge on any atom is 0.245 e. The normalized spacial score (nSPS) is 15.1. The highest BCUT2D eigenvalue weighted by Crippen LogP contribution is 2.23. The van der Waals surface area contributed by atoms with E-state index >= 15 is 0 Å². The van der Waals surface area contributed by atoms with Crippen LogP contribution in [0.15, 0.2) is 60.8 Å². The Labute approximate surface area is 160 Å². The topological polar surface area (TPSA) is 51.1 Å². The smallest absolute Gasteiger partial charge is 0.245 e. The van der Waals surface area contributed by atoms with Crippen molar-refractivity contribution in [3.8, 4) is 11.3 Å². The summed E-state index contributed by atoms with van der Waals surface area (Å²) in [5.41, 5.74) is 4.39. The minimum absolute atomic E-state index is 0.286. The number of aryl methyl sites for hydroxylation is 1. The van der Waals surface area contributed by atoms with Crippen LogP contribution in [0.3, 0.4) is 0 Å². The number of aromatic nitrogens is 3. The van der Waals surface area contributed by atoms with E-state index in [4.69, 9.17) is 9.72 Å². The number of piperidine rings is 1. The SMILES string of the molecule is Cc1ccccc1-c1cnnc(N2CCC(OCc3ccccc3)CC2)n1. The first-order valence-electron chi connectivity index (χ1n) is 9.46. The number of nitrogens with zero attached hydrogens (tertiary/aromatic N) is 4. The molecule has 0 radical (unpaired) electrons. The van der Waals surface area contributed by atoms with Gasteiger partial charge in [0, 0.05) is 18.7 Å². The number of hydrogen-bond donors (Lipinski definition) is 0. The Morgan fingerprint density at radius 3 is 2.52 bits per heavy atom. The fourth-order valence-corrected chi connectivity index (χ4v) is 3.43. The third kappa shape index (κ3) is 4.31. The van der Waals surface area contributed by atoms with Gasteiger partial charge in [0.25, 0.3) is 0 Å². The van der Waals surface area contributed by atoms with Gasteiger partial charge in [0.05, 0.1) is 24.6 Å². The zero-order valence-electron chi connectivity index (χ0n) is 15.6. The molecule has 1 aliphatic rings. The summed E-state index contributed by atoms with van der Waals surface area (Å²) in [5.74, 6) is 0.706. The van der Waals surface area contributed by atoms with Gasteiger partial charge in [0.1, 0.15) is 0 Å². The zero-order valence-corrected chi connectivity index (χ0v) is 15.6. The van der Waals surface area contributed by atoms with Gasteiger partial charge in [-0.2, -0.15) is 5.10 Å². The largest absolute Gasteiger partial charge is 0.373 e. The first-order chi connectivity index (χ1) is 13.3. The lowest BCUT2D eigenvalue weighted by Gasteiger charge is -2.31. The van der Waals surface area contributed by atoms with Gasteiger partial charge in [-0.3, -0.25) is 0 Å². The van der Waals surface area contributed by atoms with Crippen LogP contribution in [0.1, 0.15) is 24.0 Å². The Balaban J connectivity index is 1.37. The Hall–Kier alpha value is -2.79. The number of ether oxygens (including phenoxy) is 1. The molecule has 0 spiro atoms. The maximum absolute atomic E-state index is 6.08. The summed E-state index contributed by atoms with van der Waals surface area (Å²) in [5, 5.41) is 8.45. The molecule has 0 aliphatic carbocycles. The molecule has 0 bridgehead atoms. The maximum atomic E-state index is 6.08. The van der Waals surface area contributed by atoms with E-state index in [0.29, 0.717) is 12.6 Å². The molecular formula is C22H24N4O. The molecule has 5 nitrogen and oxygen atoms in total. The molecule has 2 heterocycles. The van der Waals surface area contributed by atoms with Crippen molar-refractivity contribution in [3.63, 3.8) is 0 Å². The highest BCUT2D eigenvalue weighted by molar-refractivity contribution is 5.63. The standard InChI is InChI=1S/C22H24N4O/c1-17-7-5-6-10-20(17)21-15-23-25-22(24-21)26-13-11-19(12-14-26)27-16-18-8-3-2-4-9-18/h2-10,15,19H,11-14,16H2,1H3. The summed E-state index contributed by atoms with van der Waals surface area (Å²) >= 11 is 0. The van der Waals surface area contributed by atoms with Crippen molar-refractivity contribution < 1.29 is 4.74 Å². The predicted octanol–water partition coefficient (Wildman–Crippen LogP) is 4.03. The third-order valence-corrected chi connectivity index (χ3v) is 5.02. The van der Waals surface area contributed by atoms with Crippen molar-refractivity contribution >= 4 is 5.95 Å². The molecule has 5 heteroatoms. The van der Waals surface area contributed by atoms with Gasteiger partial charge in [0.2, 0.25) is 5.95 Å². The molecule has 0 saturated carbocycles. The van der Waals surface area contributed by atoms with Crippen molar-refractivity contribution in [2.45, 2.75) is 32.5 Å². The van der Waals surface area contributed by atoms with E-state index < -0.39 is 0 Å². The first kappa shape index (κ1) is 17.6. The van der Waals surface area contributed by atoms with Crippen LogP contribution in [0.5, 0.6) is 0 Å². The number of benzene rings is 2. The van der Waals surface area contributed by atoms with Gasteiger partial charge in [-0.05, 0) is 30.9 Å². The molecule has 0 atom stereocenters. The monoisotopic (exact) mass is 360 g/mol.